The number of rotatable bonds is 40. The molecule has 0 saturated carbocycles. The van der Waals surface area contributed by atoms with E-state index in [1.54, 1.807) is 0 Å². The molecule has 0 unspecified atom stereocenters. The van der Waals surface area contributed by atoms with E-state index in [1.807, 2.05) is 0 Å². The fourth-order valence-corrected chi connectivity index (χ4v) is 6.31. The van der Waals surface area contributed by atoms with Gasteiger partial charge in [-0.2, -0.15) is 0 Å². The number of ether oxygens (including phenoxy) is 2. The third kappa shape index (κ3) is 40.6. The Morgan fingerprint density at radius 1 is 0.462 bits per heavy atom. The number of allylic oxidation sites excluding steroid dienone is 8. The first kappa shape index (κ1) is 49.9. The van der Waals surface area contributed by atoms with E-state index in [0.717, 1.165) is 77.0 Å². The van der Waals surface area contributed by atoms with E-state index in [9.17, 15) is 14.7 Å². The molecule has 0 aromatic carbocycles. The standard InChI is InChI=1S/C47H84O5/c1-3-5-7-9-11-13-15-17-19-21-22-23-24-26-28-30-32-34-36-38-40-42-47(50)52-45(43-48)44-51-46(49)41-39-37-35-33-31-29-27-25-20-18-16-14-12-10-8-6-4-2/h6,8,12,14,18,20,27,29,45,48H,3-5,7,9-11,13,15-17,19,21-26,28,30-44H2,1-2H3/t45-/m0/s1. The summed E-state index contributed by atoms with van der Waals surface area (Å²) < 4.78 is 10.6. The summed E-state index contributed by atoms with van der Waals surface area (Å²) in [5.74, 6) is -0.612. The molecule has 5 nitrogen and oxygen atoms in total. The lowest BCUT2D eigenvalue weighted by Gasteiger charge is -2.15. The second kappa shape index (κ2) is 43.3. The highest BCUT2D eigenvalue weighted by Crippen LogP contribution is 2.16. The van der Waals surface area contributed by atoms with Crippen molar-refractivity contribution in [2.24, 2.45) is 0 Å². The van der Waals surface area contributed by atoms with Gasteiger partial charge in [-0.3, -0.25) is 9.59 Å². The lowest BCUT2D eigenvalue weighted by atomic mass is 10.0. The molecule has 0 rings (SSSR count). The zero-order chi connectivity index (χ0) is 37.8. The summed E-state index contributed by atoms with van der Waals surface area (Å²) in [5, 5.41) is 9.58. The lowest BCUT2D eigenvalue weighted by Crippen LogP contribution is -2.28. The summed E-state index contributed by atoms with van der Waals surface area (Å²) in [7, 11) is 0. The van der Waals surface area contributed by atoms with Gasteiger partial charge in [-0.25, -0.2) is 0 Å². The molecule has 0 bridgehead atoms. The zero-order valence-corrected chi connectivity index (χ0v) is 34.3. The van der Waals surface area contributed by atoms with Crippen molar-refractivity contribution in [3.05, 3.63) is 48.6 Å². The van der Waals surface area contributed by atoms with Crippen molar-refractivity contribution in [2.75, 3.05) is 13.2 Å². The van der Waals surface area contributed by atoms with Crippen LogP contribution in [0.3, 0.4) is 0 Å². The molecule has 0 heterocycles. The van der Waals surface area contributed by atoms with Crippen LogP contribution in [0.15, 0.2) is 48.6 Å². The maximum atomic E-state index is 12.2. The normalized spacial score (nSPS) is 12.6. The topological polar surface area (TPSA) is 72.8 Å². The molecular weight excluding hydrogens is 645 g/mol. The minimum Gasteiger partial charge on any atom is -0.462 e. The quantitative estimate of drug-likeness (QED) is 0.0386. The summed E-state index contributed by atoms with van der Waals surface area (Å²) >= 11 is 0. The molecule has 0 aromatic heterocycles. The number of aliphatic hydroxyl groups is 1. The van der Waals surface area contributed by atoms with Gasteiger partial charge in [-0.1, -0.05) is 204 Å². The Labute approximate surface area is 322 Å². The van der Waals surface area contributed by atoms with Gasteiger partial charge in [0.05, 0.1) is 6.61 Å². The monoisotopic (exact) mass is 729 g/mol. The van der Waals surface area contributed by atoms with Gasteiger partial charge in [0.2, 0.25) is 0 Å². The van der Waals surface area contributed by atoms with Gasteiger partial charge < -0.3 is 14.6 Å². The first-order valence-corrected chi connectivity index (χ1v) is 22.2. The van der Waals surface area contributed by atoms with Gasteiger partial charge in [0.25, 0.3) is 0 Å². The van der Waals surface area contributed by atoms with Crippen LogP contribution < -0.4 is 0 Å². The van der Waals surface area contributed by atoms with Gasteiger partial charge in [0.15, 0.2) is 6.10 Å². The van der Waals surface area contributed by atoms with Crippen molar-refractivity contribution in [1.82, 2.24) is 0 Å². The molecule has 0 saturated heterocycles. The Balaban J connectivity index is 3.54. The number of carbonyl (C=O) groups excluding carboxylic acids is 2. The highest BCUT2D eigenvalue weighted by Gasteiger charge is 2.16. The van der Waals surface area contributed by atoms with Crippen molar-refractivity contribution in [1.29, 1.82) is 0 Å². The van der Waals surface area contributed by atoms with Crippen molar-refractivity contribution in [3.63, 3.8) is 0 Å². The molecule has 0 aliphatic heterocycles. The van der Waals surface area contributed by atoms with E-state index < -0.39 is 6.10 Å². The van der Waals surface area contributed by atoms with Gasteiger partial charge in [-0.05, 0) is 51.4 Å². The number of esters is 2. The van der Waals surface area contributed by atoms with Crippen LogP contribution in [0.1, 0.15) is 219 Å². The van der Waals surface area contributed by atoms with E-state index >= 15 is 0 Å². The zero-order valence-electron chi connectivity index (χ0n) is 34.3. The third-order valence-electron chi connectivity index (χ3n) is 9.64. The largest absolute Gasteiger partial charge is 0.462 e. The molecule has 5 heteroatoms. The van der Waals surface area contributed by atoms with Crippen molar-refractivity contribution < 1.29 is 24.2 Å². The van der Waals surface area contributed by atoms with Crippen LogP contribution in [0.25, 0.3) is 0 Å². The van der Waals surface area contributed by atoms with Crippen LogP contribution in [0.2, 0.25) is 0 Å². The lowest BCUT2D eigenvalue weighted by molar-refractivity contribution is -0.161. The average molecular weight is 729 g/mol. The van der Waals surface area contributed by atoms with Crippen molar-refractivity contribution >= 4 is 11.9 Å². The van der Waals surface area contributed by atoms with Crippen LogP contribution in [-0.4, -0.2) is 36.4 Å². The molecular formula is C47H84O5. The molecule has 0 aliphatic rings. The predicted octanol–water partition coefficient (Wildman–Crippen LogP) is 14.2. The predicted molar refractivity (Wildman–Crippen MR) is 224 cm³/mol. The fourth-order valence-electron chi connectivity index (χ4n) is 6.31. The van der Waals surface area contributed by atoms with Crippen LogP contribution in [-0.2, 0) is 19.1 Å². The minimum absolute atomic E-state index is 0.0772. The van der Waals surface area contributed by atoms with Crippen LogP contribution in [0, 0.1) is 0 Å². The second-order valence-electron chi connectivity index (χ2n) is 14.8. The number of unbranched alkanes of at least 4 members (excludes halogenated alkanes) is 24. The second-order valence-corrected chi connectivity index (χ2v) is 14.8. The van der Waals surface area contributed by atoms with Gasteiger partial charge in [0.1, 0.15) is 6.61 Å². The summed E-state index contributed by atoms with van der Waals surface area (Å²) in [6.45, 7) is 4.02. The van der Waals surface area contributed by atoms with Crippen molar-refractivity contribution in [2.45, 2.75) is 225 Å². The molecule has 52 heavy (non-hydrogen) atoms. The summed E-state index contributed by atoms with van der Waals surface area (Å²) in [4.78, 5) is 24.3. The average Bonchev–Trinajstić information content (AvgIpc) is 3.15. The summed E-state index contributed by atoms with van der Waals surface area (Å²) in [6.07, 6.45) is 54.7. The third-order valence-corrected chi connectivity index (χ3v) is 9.64. The number of carbonyl (C=O) groups is 2. The SMILES string of the molecule is CCC=CCC=CCC=CCC=CCCCCCCC(=O)OC[C@H](CO)OC(=O)CCCCCCCCCCCCCCCCCCCCCCC. The summed E-state index contributed by atoms with van der Waals surface area (Å²) in [6, 6.07) is 0. The molecule has 1 atom stereocenters. The number of hydrogen-bond acceptors (Lipinski definition) is 5. The van der Waals surface area contributed by atoms with Crippen molar-refractivity contribution in [3.8, 4) is 0 Å². The number of hydrogen-bond donors (Lipinski definition) is 1. The maximum Gasteiger partial charge on any atom is 0.306 e. The fraction of sp³-hybridized carbons (Fsp3) is 0.787. The highest BCUT2D eigenvalue weighted by atomic mass is 16.6. The molecule has 0 radical (unpaired) electrons. The van der Waals surface area contributed by atoms with E-state index in [2.05, 4.69) is 62.5 Å². The molecule has 0 aromatic rings. The van der Waals surface area contributed by atoms with E-state index in [-0.39, 0.29) is 25.2 Å². The van der Waals surface area contributed by atoms with Gasteiger partial charge >= 0.3 is 11.9 Å². The van der Waals surface area contributed by atoms with E-state index in [1.165, 1.54) is 116 Å². The maximum absolute atomic E-state index is 12.2. The van der Waals surface area contributed by atoms with E-state index in [0.29, 0.717) is 12.8 Å². The highest BCUT2D eigenvalue weighted by molar-refractivity contribution is 5.70. The smallest absolute Gasteiger partial charge is 0.306 e. The Morgan fingerprint density at radius 3 is 1.25 bits per heavy atom. The van der Waals surface area contributed by atoms with Gasteiger partial charge in [0, 0.05) is 12.8 Å². The Kier molecular flexibility index (Phi) is 41.5. The molecule has 0 amide bonds. The molecule has 0 spiro atoms. The molecule has 302 valence electrons. The number of aliphatic hydroxyl groups excluding tert-OH is 1. The van der Waals surface area contributed by atoms with Crippen LogP contribution >= 0.6 is 0 Å². The first-order chi connectivity index (χ1) is 25.6. The van der Waals surface area contributed by atoms with Gasteiger partial charge in [-0.15, -0.1) is 0 Å². The minimum atomic E-state index is -0.780. The van der Waals surface area contributed by atoms with Crippen LogP contribution in [0.5, 0.6) is 0 Å². The Morgan fingerprint density at radius 2 is 0.827 bits per heavy atom. The van der Waals surface area contributed by atoms with E-state index in [4.69, 9.17) is 9.47 Å². The molecule has 0 aliphatic carbocycles. The van der Waals surface area contributed by atoms with Crippen LogP contribution in [0.4, 0.5) is 0 Å². The Bertz CT molecular complexity index is 873. The Hall–Kier alpha value is -2.14. The first-order valence-electron chi connectivity index (χ1n) is 22.2. The summed E-state index contributed by atoms with van der Waals surface area (Å²) in [5.41, 5.74) is 0. The molecule has 1 N–H and O–H groups in total. The molecule has 0 fully saturated rings.